The van der Waals surface area contributed by atoms with E-state index in [1.807, 2.05) is 13.8 Å². The summed E-state index contributed by atoms with van der Waals surface area (Å²) in [6.45, 7) is 7.19. The van der Waals surface area contributed by atoms with Crippen molar-refractivity contribution < 1.29 is 18.0 Å². The van der Waals surface area contributed by atoms with Crippen LogP contribution in [0.3, 0.4) is 0 Å². The van der Waals surface area contributed by atoms with Crippen molar-refractivity contribution in [3.63, 3.8) is 0 Å². The van der Waals surface area contributed by atoms with E-state index in [1.54, 1.807) is 13.8 Å². The number of halogens is 3. The monoisotopic (exact) mass is 316 g/mol. The average Bonchev–Trinajstić information content (AvgIpc) is 2.46. The molecule has 0 bridgehead atoms. The lowest BCUT2D eigenvalue weighted by molar-refractivity contribution is 0.0928. The quantitative estimate of drug-likeness (QED) is 0.739. The number of amides is 1. The van der Waals surface area contributed by atoms with Gasteiger partial charge in [-0.05, 0) is 32.8 Å². The Morgan fingerprint density at radius 1 is 1.18 bits per heavy atom. The van der Waals surface area contributed by atoms with Crippen LogP contribution in [0, 0.1) is 17.5 Å². The molecule has 0 aromatic heterocycles. The predicted octanol–water partition coefficient (Wildman–Crippen LogP) is 4.23. The van der Waals surface area contributed by atoms with E-state index in [-0.39, 0.29) is 12.1 Å². The van der Waals surface area contributed by atoms with Crippen LogP contribution in [-0.4, -0.2) is 18.0 Å². The van der Waals surface area contributed by atoms with Crippen LogP contribution in [0.4, 0.5) is 18.9 Å². The molecule has 1 atom stereocenters. The Morgan fingerprint density at radius 2 is 1.82 bits per heavy atom. The second-order valence-corrected chi connectivity index (χ2v) is 5.58. The highest BCUT2D eigenvalue weighted by Gasteiger charge is 2.24. The number of carbonyl (C=O) groups excluding carboxylic acids is 1. The lowest BCUT2D eigenvalue weighted by Crippen LogP contribution is -2.35. The summed E-state index contributed by atoms with van der Waals surface area (Å²) in [5.74, 6) is -4.50. The fraction of sp³-hybridized carbons (Fsp3) is 0.562. The molecule has 0 heterocycles. The minimum Gasteiger partial charge on any atom is -0.378 e. The third-order valence-corrected chi connectivity index (χ3v) is 3.30. The van der Waals surface area contributed by atoms with Gasteiger partial charge in [-0.2, -0.15) is 0 Å². The molecule has 22 heavy (non-hydrogen) atoms. The Kier molecular flexibility index (Phi) is 6.71. The van der Waals surface area contributed by atoms with Crippen molar-refractivity contribution in [3.8, 4) is 0 Å². The first-order chi connectivity index (χ1) is 10.3. The van der Waals surface area contributed by atoms with Gasteiger partial charge in [-0.3, -0.25) is 4.79 Å². The molecule has 6 heteroatoms. The summed E-state index contributed by atoms with van der Waals surface area (Å²) in [5.41, 5.74) is -1.16. The third-order valence-electron chi connectivity index (χ3n) is 3.30. The molecule has 1 amide bonds. The molecule has 3 nitrogen and oxygen atoms in total. The van der Waals surface area contributed by atoms with Gasteiger partial charge in [-0.15, -0.1) is 0 Å². The lowest BCUT2D eigenvalue weighted by Gasteiger charge is -2.18. The molecule has 1 aromatic rings. The summed E-state index contributed by atoms with van der Waals surface area (Å²) in [6.07, 6.45) is 2.24. The number of anilines is 1. The second kappa shape index (κ2) is 8.06. The third kappa shape index (κ3) is 4.39. The summed E-state index contributed by atoms with van der Waals surface area (Å²) >= 11 is 0. The van der Waals surface area contributed by atoms with E-state index in [0.717, 1.165) is 18.9 Å². The fourth-order valence-electron chi connectivity index (χ4n) is 2.17. The zero-order valence-corrected chi connectivity index (χ0v) is 13.4. The van der Waals surface area contributed by atoms with Crippen LogP contribution >= 0.6 is 0 Å². The van der Waals surface area contributed by atoms with Crippen molar-refractivity contribution in [2.24, 2.45) is 0 Å². The molecule has 124 valence electrons. The molecule has 0 aliphatic carbocycles. The minimum absolute atomic E-state index is 0.142. The Bertz CT molecular complexity index is 533. The SMILES string of the molecule is CCCC(CC)NC(=O)c1cc(F)c(NC(C)C)c(F)c1F. The van der Waals surface area contributed by atoms with Gasteiger partial charge in [-0.25, -0.2) is 13.2 Å². The van der Waals surface area contributed by atoms with Crippen LogP contribution in [-0.2, 0) is 0 Å². The summed E-state index contributed by atoms with van der Waals surface area (Å²) in [6, 6.07) is 0.325. The maximum Gasteiger partial charge on any atom is 0.254 e. The molecule has 1 aromatic carbocycles. The van der Waals surface area contributed by atoms with Crippen LogP contribution in [0.2, 0.25) is 0 Å². The second-order valence-electron chi connectivity index (χ2n) is 5.58. The summed E-state index contributed by atoms with van der Waals surface area (Å²) < 4.78 is 41.9. The van der Waals surface area contributed by atoms with Gasteiger partial charge in [0.2, 0.25) is 0 Å². The van der Waals surface area contributed by atoms with Gasteiger partial charge in [0.25, 0.3) is 5.91 Å². The van der Waals surface area contributed by atoms with E-state index >= 15 is 0 Å². The summed E-state index contributed by atoms with van der Waals surface area (Å²) in [7, 11) is 0. The molecule has 0 saturated carbocycles. The van der Waals surface area contributed by atoms with E-state index in [4.69, 9.17) is 0 Å². The Labute approximate surface area is 129 Å². The lowest BCUT2D eigenvalue weighted by atomic mass is 10.1. The number of hydrogen-bond acceptors (Lipinski definition) is 2. The van der Waals surface area contributed by atoms with Crippen molar-refractivity contribution in [2.45, 2.75) is 59.0 Å². The summed E-state index contributed by atoms with van der Waals surface area (Å²) in [5, 5.41) is 5.11. The summed E-state index contributed by atoms with van der Waals surface area (Å²) in [4.78, 5) is 12.0. The van der Waals surface area contributed by atoms with Gasteiger partial charge >= 0.3 is 0 Å². The number of benzene rings is 1. The molecule has 1 unspecified atom stereocenters. The van der Waals surface area contributed by atoms with Gasteiger partial charge in [0, 0.05) is 12.1 Å². The first kappa shape index (κ1) is 18.3. The highest BCUT2D eigenvalue weighted by molar-refractivity contribution is 5.95. The zero-order valence-electron chi connectivity index (χ0n) is 13.4. The highest BCUT2D eigenvalue weighted by Crippen LogP contribution is 2.25. The van der Waals surface area contributed by atoms with E-state index < -0.39 is 34.6 Å². The molecule has 0 aliphatic rings. The first-order valence-electron chi connectivity index (χ1n) is 7.56. The number of nitrogens with one attached hydrogen (secondary N) is 2. The topological polar surface area (TPSA) is 41.1 Å². The molecule has 2 N–H and O–H groups in total. The van der Waals surface area contributed by atoms with Gasteiger partial charge in [0.15, 0.2) is 11.6 Å². The van der Waals surface area contributed by atoms with E-state index in [1.165, 1.54) is 0 Å². The molecule has 0 aliphatic heterocycles. The first-order valence-corrected chi connectivity index (χ1v) is 7.56. The maximum atomic E-state index is 14.0. The molecule has 0 radical (unpaired) electrons. The molecular formula is C16H23F3N2O. The van der Waals surface area contributed by atoms with E-state index in [0.29, 0.717) is 6.42 Å². The molecule has 1 rings (SSSR count). The van der Waals surface area contributed by atoms with Crippen molar-refractivity contribution >= 4 is 11.6 Å². The largest absolute Gasteiger partial charge is 0.378 e. The average molecular weight is 316 g/mol. The Hall–Kier alpha value is -1.72. The number of hydrogen-bond donors (Lipinski definition) is 2. The van der Waals surface area contributed by atoms with Crippen LogP contribution in [0.5, 0.6) is 0 Å². The van der Waals surface area contributed by atoms with Crippen molar-refractivity contribution in [1.82, 2.24) is 5.32 Å². The molecule has 0 spiro atoms. The molecular weight excluding hydrogens is 293 g/mol. The van der Waals surface area contributed by atoms with Gasteiger partial charge in [0.05, 0.1) is 5.56 Å². The van der Waals surface area contributed by atoms with Crippen molar-refractivity contribution in [1.29, 1.82) is 0 Å². The van der Waals surface area contributed by atoms with Crippen molar-refractivity contribution in [2.75, 3.05) is 5.32 Å². The highest BCUT2D eigenvalue weighted by atomic mass is 19.2. The van der Waals surface area contributed by atoms with Crippen LogP contribution in [0.25, 0.3) is 0 Å². The Balaban J connectivity index is 3.08. The van der Waals surface area contributed by atoms with Crippen LogP contribution < -0.4 is 10.6 Å². The number of carbonyl (C=O) groups is 1. The predicted molar refractivity (Wildman–Crippen MR) is 81.5 cm³/mol. The smallest absolute Gasteiger partial charge is 0.254 e. The normalized spacial score (nSPS) is 12.4. The van der Waals surface area contributed by atoms with Gasteiger partial charge < -0.3 is 10.6 Å². The fourth-order valence-corrected chi connectivity index (χ4v) is 2.17. The zero-order chi connectivity index (χ0) is 16.9. The number of rotatable bonds is 7. The minimum atomic E-state index is -1.37. The van der Waals surface area contributed by atoms with Crippen molar-refractivity contribution in [3.05, 3.63) is 29.1 Å². The molecule has 0 saturated heterocycles. The molecule has 0 fully saturated rings. The van der Waals surface area contributed by atoms with E-state index in [9.17, 15) is 18.0 Å². The van der Waals surface area contributed by atoms with Crippen LogP contribution in [0.15, 0.2) is 6.07 Å². The maximum absolute atomic E-state index is 14.0. The van der Waals surface area contributed by atoms with Gasteiger partial charge in [-0.1, -0.05) is 20.3 Å². The van der Waals surface area contributed by atoms with E-state index in [2.05, 4.69) is 10.6 Å². The van der Waals surface area contributed by atoms with Crippen LogP contribution in [0.1, 0.15) is 57.3 Å². The standard InChI is InChI=1S/C16H23F3N2O/c1-5-7-10(6-2)21-16(22)11-8-12(17)15(20-9(3)4)14(19)13(11)18/h8-10,20H,5-7H2,1-4H3,(H,21,22). The Morgan fingerprint density at radius 3 is 2.32 bits per heavy atom. The van der Waals surface area contributed by atoms with Gasteiger partial charge in [0.1, 0.15) is 11.5 Å².